The molecule has 1 nitrogen and oxygen atoms in total. The molecule has 0 heterocycles. The number of hydrogen-bond donors (Lipinski definition) is 0. The second-order valence-electron chi connectivity index (χ2n) is 8.37. The molecule has 3 rings (SSSR count). The van der Waals surface area contributed by atoms with Crippen molar-refractivity contribution < 1.29 is 28.4 Å². The highest BCUT2D eigenvalue weighted by Gasteiger charge is 2.45. The maximum absolute atomic E-state index is 6.40. The van der Waals surface area contributed by atoms with Crippen molar-refractivity contribution in [2.45, 2.75) is 39.1 Å². The first-order valence-corrected chi connectivity index (χ1v) is 15.5. The molecular formula is C25H32IOPSi. The van der Waals surface area contributed by atoms with E-state index in [1.807, 2.05) is 0 Å². The Morgan fingerprint density at radius 3 is 1.34 bits per heavy atom. The lowest BCUT2D eigenvalue weighted by atomic mass is 10.3. The molecule has 3 aromatic carbocycles. The van der Waals surface area contributed by atoms with Crippen molar-refractivity contribution in [3.05, 3.63) is 91.0 Å². The summed E-state index contributed by atoms with van der Waals surface area (Å²) in [5, 5.41) is 4.35. The van der Waals surface area contributed by atoms with Crippen LogP contribution in [0.15, 0.2) is 91.0 Å². The first-order chi connectivity index (χ1) is 13.4. The van der Waals surface area contributed by atoms with Gasteiger partial charge in [-0.05, 0) is 63.0 Å². The molecule has 1 atom stereocenters. The van der Waals surface area contributed by atoms with E-state index in [2.05, 4.69) is 118 Å². The minimum atomic E-state index is -1.74. The van der Waals surface area contributed by atoms with Gasteiger partial charge >= 0.3 is 0 Å². The number of benzene rings is 3. The van der Waals surface area contributed by atoms with Crippen LogP contribution in [0.1, 0.15) is 13.3 Å². The van der Waals surface area contributed by atoms with Gasteiger partial charge in [-0.1, -0.05) is 54.6 Å². The summed E-state index contributed by atoms with van der Waals surface area (Å²) in [5.74, 6) is 0. The zero-order chi connectivity index (χ0) is 20.0. The van der Waals surface area contributed by atoms with Crippen LogP contribution in [0.4, 0.5) is 0 Å². The fourth-order valence-electron chi connectivity index (χ4n) is 3.92. The maximum Gasteiger partial charge on any atom is 0.184 e. The zero-order valence-corrected chi connectivity index (χ0v) is 21.9. The van der Waals surface area contributed by atoms with Gasteiger partial charge in [-0.25, -0.2) is 0 Å². The van der Waals surface area contributed by atoms with Gasteiger partial charge in [-0.2, -0.15) is 0 Å². The largest absolute Gasteiger partial charge is 1.00 e. The molecule has 0 aromatic heterocycles. The van der Waals surface area contributed by atoms with Gasteiger partial charge in [-0.3, -0.25) is 0 Å². The molecule has 0 aliphatic heterocycles. The van der Waals surface area contributed by atoms with Crippen LogP contribution in [0.3, 0.4) is 0 Å². The number of hydrogen-bond acceptors (Lipinski definition) is 1. The summed E-state index contributed by atoms with van der Waals surface area (Å²) in [6.45, 7) is 9.07. The van der Waals surface area contributed by atoms with Gasteiger partial charge in [0.05, 0.1) is 6.16 Å². The third kappa shape index (κ3) is 6.24. The molecule has 0 fully saturated rings. The lowest BCUT2D eigenvalue weighted by Gasteiger charge is -2.30. The Balaban J connectivity index is 0.00000300. The Kier molecular flexibility index (Phi) is 9.08. The molecule has 0 bridgehead atoms. The topological polar surface area (TPSA) is 9.23 Å². The molecule has 29 heavy (non-hydrogen) atoms. The summed E-state index contributed by atoms with van der Waals surface area (Å²) in [5.41, 5.74) is 0. The Labute approximate surface area is 195 Å². The summed E-state index contributed by atoms with van der Waals surface area (Å²) in [6.07, 6.45) is 2.47. The first kappa shape index (κ1) is 24.3. The van der Waals surface area contributed by atoms with Gasteiger partial charge in [0.2, 0.25) is 0 Å². The molecular weight excluding hydrogens is 502 g/mol. The second kappa shape index (κ2) is 10.9. The van der Waals surface area contributed by atoms with Crippen molar-refractivity contribution in [1.82, 2.24) is 0 Å². The van der Waals surface area contributed by atoms with Crippen molar-refractivity contribution >= 4 is 31.5 Å². The number of rotatable bonds is 8. The zero-order valence-electron chi connectivity index (χ0n) is 17.9. The van der Waals surface area contributed by atoms with Gasteiger partial charge in [0.1, 0.15) is 23.2 Å². The molecule has 0 saturated heterocycles. The fraction of sp³-hybridized carbons (Fsp3) is 0.280. The van der Waals surface area contributed by atoms with Crippen LogP contribution in [0.25, 0.3) is 0 Å². The highest BCUT2D eigenvalue weighted by molar-refractivity contribution is 7.95. The van der Waals surface area contributed by atoms with Crippen LogP contribution in [-0.4, -0.2) is 20.6 Å². The van der Waals surface area contributed by atoms with Gasteiger partial charge in [0.15, 0.2) is 8.32 Å². The quantitative estimate of drug-likeness (QED) is 0.246. The van der Waals surface area contributed by atoms with Gasteiger partial charge in [0.25, 0.3) is 0 Å². The molecule has 154 valence electrons. The van der Waals surface area contributed by atoms with Crippen LogP contribution >= 0.6 is 7.26 Å². The van der Waals surface area contributed by atoms with Crippen molar-refractivity contribution in [1.29, 1.82) is 0 Å². The van der Waals surface area contributed by atoms with Crippen LogP contribution < -0.4 is 39.9 Å². The molecule has 0 unspecified atom stereocenters. The predicted octanol–water partition coefficient (Wildman–Crippen LogP) is 2.61. The Bertz CT molecular complexity index is 754. The summed E-state index contributed by atoms with van der Waals surface area (Å²) in [4.78, 5) is 0. The molecule has 0 aliphatic carbocycles. The first-order valence-electron chi connectivity index (χ1n) is 10.1. The molecule has 4 heteroatoms. The Hall–Kier alpha value is -1.00. The third-order valence-electron chi connectivity index (χ3n) is 5.02. The molecule has 0 amide bonds. The molecule has 0 N–H and O–H groups in total. The Morgan fingerprint density at radius 1 is 0.690 bits per heavy atom. The van der Waals surface area contributed by atoms with Gasteiger partial charge in [0, 0.05) is 12.5 Å². The maximum atomic E-state index is 6.40. The van der Waals surface area contributed by atoms with Gasteiger partial charge in [-0.15, -0.1) is 0 Å². The van der Waals surface area contributed by atoms with Crippen LogP contribution in [0.2, 0.25) is 19.6 Å². The smallest absolute Gasteiger partial charge is 0.184 e. The van der Waals surface area contributed by atoms with E-state index in [0.717, 1.165) is 12.6 Å². The van der Waals surface area contributed by atoms with Crippen molar-refractivity contribution in [3.8, 4) is 0 Å². The van der Waals surface area contributed by atoms with Crippen molar-refractivity contribution in [3.63, 3.8) is 0 Å². The number of halogens is 1. The van der Waals surface area contributed by atoms with E-state index in [1.54, 1.807) is 0 Å². The van der Waals surface area contributed by atoms with E-state index < -0.39 is 15.6 Å². The predicted molar refractivity (Wildman–Crippen MR) is 129 cm³/mol. The highest BCUT2D eigenvalue weighted by atomic mass is 127. The Morgan fingerprint density at radius 2 is 1.03 bits per heavy atom. The molecule has 0 aliphatic rings. The summed E-state index contributed by atoms with van der Waals surface area (Å²) in [6, 6.07) is 33.3. The van der Waals surface area contributed by atoms with E-state index in [9.17, 15) is 0 Å². The van der Waals surface area contributed by atoms with Crippen LogP contribution in [-0.2, 0) is 4.43 Å². The van der Waals surface area contributed by atoms with Crippen LogP contribution in [0.5, 0.6) is 0 Å². The van der Waals surface area contributed by atoms with Crippen molar-refractivity contribution in [2.75, 3.05) is 6.16 Å². The van der Waals surface area contributed by atoms with Crippen LogP contribution in [0, 0.1) is 0 Å². The monoisotopic (exact) mass is 534 g/mol. The summed E-state index contributed by atoms with van der Waals surface area (Å²) in [7, 11) is -3.28. The average molecular weight is 534 g/mol. The SMILES string of the molecule is C[C@@H](CC[P+](c1ccccc1)(c1ccccc1)c1ccccc1)O[Si](C)(C)C.[I-]. The van der Waals surface area contributed by atoms with E-state index in [0.29, 0.717) is 0 Å². The van der Waals surface area contributed by atoms with E-state index in [-0.39, 0.29) is 30.1 Å². The normalized spacial score (nSPS) is 12.8. The summed E-state index contributed by atoms with van der Waals surface area (Å²) < 4.78 is 6.40. The van der Waals surface area contributed by atoms with E-state index >= 15 is 0 Å². The summed E-state index contributed by atoms with van der Waals surface area (Å²) >= 11 is 0. The molecule has 3 aromatic rings. The van der Waals surface area contributed by atoms with Gasteiger partial charge < -0.3 is 28.4 Å². The highest BCUT2D eigenvalue weighted by Crippen LogP contribution is 2.56. The van der Waals surface area contributed by atoms with E-state index in [1.165, 1.54) is 15.9 Å². The minimum Gasteiger partial charge on any atom is -1.00 e. The third-order valence-corrected chi connectivity index (χ3v) is 10.6. The average Bonchev–Trinajstić information content (AvgIpc) is 2.70. The lowest BCUT2D eigenvalue weighted by Crippen LogP contribution is -3.00. The molecule has 0 saturated carbocycles. The molecule has 0 radical (unpaired) electrons. The standard InChI is InChI=1S/C25H32OPSi.HI/c1-22(26-28(2,3)4)20-21-27(23-14-8-5-9-15-23,24-16-10-6-11-17-24)25-18-12-7-13-19-25;/h5-19,22H,20-21H2,1-4H3;1H/q+1;/p-1/t22-;/m0./s1. The second-order valence-corrected chi connectivity index (χ2v) is 16.4. The van der Waals surface area contributed by atoms with Crippen molar-refractivity contribution in [2.24, 2.45) is 0 Å². The minimum absolute atomic E-state index is 0. The molecule has 0 spiro atoms. The van der Waals surface area contributed by atoms with E-state index in [4.69, 9.17) is 4.43 Å². The lowest BCUT2D eigenvalue weighted by molar-refractivity contribution is -0.00000787. The fourth-order valence-corrected chi connectivity index (χ4v) is 9.71.